The molecule has 6 nitrogen and oxygen atoms in total. The Morgan fingerprint density at radius 2 is 1.89 bits per heavy atom. The summed E-state index contributed by atoms with van der Waals surface area (Å²) in [5, 5.41) is 14.2. The summed E-state index contributed by atoms with van der Waals surface area (Å²) in [7, 11) is -4.04. The number of benzene rings is 1. The van der Waals surface area contributed by atoms with E-state index in [9.17, 15) is 18.3 Å². The van der Waals surface area contributed by atoms with Crippen molar-refractivity contribution in [2.45, 2.75) is 17.7 Å². The third-order valence-electron chi connectivity index (χ3n) is 3.03. The van der Waals surface area contributed by atoms with Gasteiger partial charge < -0.3 is 10.0 Å². The van der Waals surface area contributed by atoms with E-state index in [4.69, 9.17) is 16.7 Å². The fraction of sp³-hybridized carbons (Fsp3) is 0.364. The van der Waals surface area contributed by atoms with Gasteiger partial charge in [0.25, 0.3) is 0 Å². The van der Waals surface area contributed by atoms with Gasteiger partial charge in [-0.2, -0.15) is 0 Å². The van der Waals surface area contributed by atoms with Gasteiger partial charge in [0.05, 0.1) is 16.3 Å². The maximum Gasteiger partial charge on any atom is 0.337 e. The van der Waals surface area contributed by atoms with Crippen molar-refractivity contribution < 1.29 is 18.3 Å². The maximum atomic E-state index is 11.3. The molecule has 1 aromatic rings. The molecule has 0 atom stereocenters. The number of aromatic carboxylic acids is 1. The van der Waals surface area contributed by atoms with Gasteiger partial charge in [0, 0.05) is 13.1 Å². The van der Waals surface area contributed by atoms with Gasteiger partial charge in [-0.05, 0) is 25.0 Å². The molecule has 0 amide bonds. The molecule has 1 aliphatic heterocycles. The second kappa shape index (κ2) is 4.99. The van der Waals surface area contributed by atoms with E-state index in [2.05, 4.69) is 0 Å². The average Bonchev–Trinajstić information content (AvgIpc) is 2.79. The topological polar surface area (TPSA) is 101 Å². The number of carbonyl (C=O) groups is 1. The minimum absolute atomic E-state index is 0.0607. The molecule has 2 rings (SSSR count). The zero-order valence-electron chi connectivity index (χ0n) is 9.97. The first-order valence-electron chi connectivity index (χ1n) is 5.65. The first kappa shape index (κ1) is 14.1. The van der Waals surface area contributed by atoms with Crippen molar-refractivity contribution in [3.8, 4) is 0 Å². The van der Waals surface area contributed by atoms with E-state index < -0.39 is 16.0 Å². The minimum atomic E-state index is -4.04. The van der Waals surface area contributed by atoms with Crippen molar-refractivity contribution in [3.63, 3.8) is 0 Å². The Morgan fingerprint density at radius 1 is 1.32 bits per heavy atom. The molecule has 0 saturated carbocycles. The first-order valence-corrected chi connectivity index (χ1v) is 7.57. The van der Waals surface area contributed by atoms with Crippen molar-refractivity contribution in [2.24, 2.45) is 5.14 Å². The number of hydrogen-bond donors (Lipinski definition) is 2. The molecule has 0 spiro atoms. The SMILES string of the molecule is NS(=O)(=O)c1cc(C(=O)O)c(N2CCCC2)cc1Cl. The number of hydrogen-bond acceptors (Lipinski definition) is 4. The predicted octanol–water partition coefficient (Wildman–Crippen LogP) is 1.29. The standard InChI is InChI=1S/C11H13ClN2O4S/c12-8-6-9(14-3-1-2-4-14)7(11(15)16)5-10(8)19(13,17)18/h5-6H,1-4H2,(H,15,16)(H2,13,17,18). The third kappa shape index (κ3) is 2.83. The second-order valence-electron chi connectivity index (χ2n) is 4.34. The summed E-state index contributed by atoms with van der Waals surface area (Å²) in [6, 6.07) is 2.38. The van der Waals surface area contributed by atoms with Gasteiger partial charge in [0.1, 0.15) is 4.90 Å². The Kier molecular flexibility index (Phi) is 3.71. The van der Waals surface area contributed by atoms with E-state index in [0.29, 0.717) is 5.69 Å². The summed E-state index contributed by atoms with van der Waals surface area (Å²) in [4.78, 5) is 12.8. The quantitative estimate of drug-likeness (QED) is 0.876. The van der Waals surface area contributed by atoms with Crippen LogP contribution in [0.15, 0.2) is 17.0 Å². The van der Waals surface area contributed by atoms with Crippen molar-refractivity contribution in [3.05, 3.63) is 22.7 Å². The molecular formula is C11H13ClN2O4S. The van der Waals surface area contributed by atoms with Gasteiger partial charge >= 0.3 is 5.97 Å². The van der Waals surface area contributed by atoms with E-state index >= 15 is 0 Å². The lowest BCUT2D eigenvalue weighted by atomic mass is 10.1. The second-order valence-corrected chi connectivity index (χ2v) is 6.28. The monoisotopic (exact) mass is 304 g/mol. The van der Waals surface area contributed by atoms with Gasteiger partial charge in [-0.1, -0.05) is 11.6 Å². The van der Waals surface area contributed by atoms with E-state index in [1.54, 1.807) is 0 Å². The van der Waals surface area contributed by atoms with Crippen molar-refractivity contribution in [1.29, 1.82) is 0 Å². The molecular weight excluding hydrogens is 292 g/mol. The number of sulfonamides is 1. The van der Waals surface area contributed by atoms with E-state index in [1.165, 1.54) is 6.07 Å². The molecule has 1 saturated heterocycles. The first-order chi connectivity index (χ1) is 8.80. The fourth-order valence-electron chi connectivity index (χ4n) is 2.15. The van der Waals surface area contributed by atoms with Gasteiger partial charge in [-0.3, -0.25) is 0 Å². The van der Waals surface area contributed by atoms with Crippen LogP contribution in [-0.2, 0) is 10.0 Å². The smallest absolute Gasteiger partial charge is 0.337 e. The van der Waals surface area contributed by atoms with Crippen LogP contribution in [0.1, 0.15) is 23.2 Å². The zero-order valence-corrected chi connectivity index (χ0v) is 11.5. The summed E-state index contributed by atoms with van der Waals surface area (Å²) in [5.74, 6) is -1.21. The average molecular weight is 305 g/mol. The number of carboxylic acid groups (broad SMARTS) is 1. The van der Waals surface area contributed by atoms with Gasteiger partial charge in [-0.15, -0.1) is 0 Å². The summed E-state index contributed by atoms with van der Waals surface area (Å²) in [5.41, 5.74) is 0.331. The largest absolute Gasteiger partial charge is 0.478 e. The predicted molar refractivity (Wildman–Crippen MR) is 71.2 cm³/mol. The molecule has 8 heteroatoms. The Hall–Kier alpha value is -1.31. The van der Waals surface area contributed by atoms with Crippen LogP contribution in [0, 0.1) is 0 Å². The van der Waals surface area contributed by atoms with E-state index in [1.807, 2.05) is 4.90 Å². The van der Waals surface area contributed by atoms with Crippen molar-refractivity contribution >= 4 is 33.3 Å². The number of carboxylic acids is 1. The number of primary sulfonamides is 1. The number of nitrogens with zero attached hydrogens (tertiary/aromatic N) is 1. The van der Waals surface area contributed by atoms with E-state index in [0.717, 1.165) is 32.0 Å². The minimum Gasteiger partial charge on any atom is -0.478 e. The van der Waals surface area contributed by atoms with Crippen LogP contribution in [0.5, 0.6) is 0 Å². The molecule has 0 radical (unpaired) electrons. The van der Waals surface area contributed by atoms with Crippen LogP contribution < -0.4 is 10.0 Å². The zero-order chi connectivity index (χ0) is 14.2. The molecule has 0 aromatic heterocycles. The number of halogens is 1. The van der Waals surface area contributed by atoms with Crippen molar-refractivity contribution in [1.82, 2.24) is 0 Å². The van der Waals surface area contributed by atoms with Crippen LogP contribution >= 0.6 is 11.6 Å². The molecule has 1 aliphatic rings. The molecule has 104 valence electrons. The Labute approximate surface area is 115 Å². The maximum absolute atomic E-state index is 11.3. The number of rotatable bonds is 3. The molecule has 1 aromatic carbocycles. The summed E-state index contributed by atoms with van der Waals surface area (Å²) >= 11 is 5.89. The highest BCUT2D eigenvalue weighted by atomic mass is 35.5. The molecule has 0 unspecified atom stereocenters. The lowest BCUT2D eigenvalue weighted by molar-refractivity contribution is 0.0697. The van der Waals surface area contributed by atoms with Crippen LogP contribution in [0.25, 0.3) is 0 Å². The highest BCUT2D eigenvalue weighted by Crippen LogP contribution is 2.32. The van der Waals surface area contributed by atoms with Gasteiger partial charge in [0.2, 0.25) is 10.0 Å². The van der Waals surface area contributed by atoms with Crippen LogP contribution in [0.2, 0.25) is 5.02 Å². The lowest BCUT2D eigenvalue weighted by Gasteiger charge is -2.21. The Bertz CT molecular complexity index is 624. The summed E-state index contributed by atoms with van der Waals surface area (Å²) in [6.07, 6.45) is 1.93. The molecule has 3 N–H and O–H groups in total. The third-order valence-corrected chi connectivity index (χ3v) is 4.41. The van der Waals surface area contributed by atoms with Crippen LogP contribution in [-0.4, -0.2) is 32.6 Å². The molecule has 0 bridgehead atoms. The highest BCUT2D eigenvalue weighted by Gasteiger charge is 2.24. The molecule has 1 heterocycles. The molecule has 0 aliphatic carbocycles. The van der Waals surface area contributed by atoms with Crippen LogP contribution in [0.4, 0.5) is 5.69 Å². The summed E-state index contributed by atoms with van der Waals surface area (Å²) < 4.78 is 22.7. The van der Waals surface area contributed by atoms with Crippen LogP contribution in [0.3, 0.4) is 0 Å². The van der Waals surface area contributed by atoms with Gasteiger partial charge in [-0.25, -0.2) is 18.4 Å². The fourth-order valence-corrected chi connectivity index (χ4v) is 3.25. The Morgan fingerprint density at radius 3 is 2.37 bits per heavy atom. The molecule has 19 heavy (non-hydrogen) atoms. The Balaban J connectivity index is 2.62. The summed E-state index contributed by atoms with van der Waals surface area (Å²) in [6.45, 7) is 1.46. The number of anilines is 1. The molecule has 1 fully saturated rings. The van der Waals surface area contributed by atoms with Gasteiger partial charge in [0.15, 0.2) is 0 Å². The lowest BCUT2D eigenvalue weighted by Crippen LogP contribution is -2.22. The number of nitrogens with two attached hydrogens (primary N) is 1. The normalized spacial score (nSPS) is 15.8. The van der Waals surface area contributed by atoms with Crippen molar-refractivity contribution in [2.75, 3.05) is 18.0 Å². The highest BCUT2D eigenvalue weighted by molar-refractivity contribution is 7.89. The van der Waals surface area contributed by atoms with E-state index in [-0.39, 0.29) is 15.5 Å².